The predicted octanol–water partition coefficient (Wildman–Crippen LogP) is 1.40. The van der Waals surface area contributed by atoms with Crippen LogP contribution >= 0.6 is 0 Å². The van der Waals surface area contributed by atoms with Crippen molar-refractivity contribution in [3.8, 4) is 12.3 Å². The van der Waals surface area contributed by atoms with Gasteiger partial charge in [0.25, 0.3) is 0 Å². The Labute approximate surface area is 103 Å². The van der Waals surface area contributed by atoms with Crippen molar-refractivity contribution in [2.75, 3.05) is 13.1 Å². The van der Waals surface area contributed by atoms with Crippen molar-refractivity contribution in [3.63, 3.8) is 0 Å². The van der Waals surface area contributed by atoms with Crippen LogP contribution in [0.4, 0.5) is 0 Å². The average Bonchev–Trinajstić information content (AvgIpc) is 2.30. The summed E-state index contributed by atoms with van der Waals surface area (Å²) in [6.45, 7) is 4.66. The van der Waals surface area contributed by atoms with Crippen LogP contribution in [0.15, 0.2) is 24.3 Å². The summed E-state index contributed by atoms with van der Waals surface area (Å²) in [6, 6.07) is 8.13. The number of terminal acetylenes is 1. The molecule has 0 aliphatic heterocycles. The Morgan fingerprint density at radius 2 is 2.06 bits per heavy atom. The van der Waals surface area contributed by atoms with E-state index in [0.717, 1.165) is 5.56 Å². The molecule has 3 nitrogen and oxygen atoms in total. The first-order chi connectivity index (χ1) is 8.13. The van der Waals surface area contributed by atoms with Gasteiger partial charge in [0, 0.05) is 0 Å². The molecule has 0 saturated carbocycles. The van der Waals surface area contributed by atoms with Crippen molar-refractivity contribution in [1.29, 1.82) is 0 Å². The Bertz CT molecular complexity index is 403. The highest BCUT2D eigenvalue weighted by atomic mass is 16.1. The first-order valence-corrected chi connectivity index (χ1v) is 5.63. The predicted molar refractivity (Wildman–Crippen MR) is 69.4 cm³/mol. The lowest BCUT2D eigenvalue weighted by Crippen LogP contribution is -2.35. The van der Waals surface area contributed by atoms with Gasteiger partial charge >= 0.3 is 0 Å². The van der Waals surface area contributed by atoms with E-state index in [1.54, 1.807) is 0 Å². The van der Waals surface area contributed by atoms with E-state index in [4.69, 9.17) is 6.42 Å². The number of carbonyl (C=O) groups excluding carboxylic acids is 1. The lowest BCUT2D eigenvalue weighted by molar-refractivity contribution is -0.120. The Morgan fingerprint density at radius 3 is 2.65 bits per heavy atom. The molecular weight excluding hydrogens is 212 g/mol. The summed E-state index contributed by atoms with van der Waals surface area (Å²) in [5, 5.41) is 5.76. The summed E-state index contributed by atoms with van der Waals surface area (Å²) in [5.74, 6) is 2.38. The fraction of sp³-hybridized carbons (Fsp3) is 0.357. The highest BCUT2D eigenvalue weighted by molar-refractivity contribution is 5.78. The van der Waals surface area contributed by atoms with E-state index in [2.05, 4.69) is 16.6 Å². The zero-order chi connectivity index (χ0) is 12.7. The molecule has 0 aliphatic carbocycles. The van der Waals surface area contributed by atoms with Crippen LogP contribution in [0.2, 0.25) is 0 Å². The molecule has 1 aromatic carbocycles. The normalized spacial score (nSPS) is 11.6. The van der Waals surface area contributed by atoms with E-state index in [0.29, 0.717) is 6.54 Å². The fourth-order valence-corrected chi connectivity index (χ4v) is 1.48. The molecule has 2 N–H and O–H groups in total. The van der Waals surface area contributed by atoms with Crippen molar-refractivity contribution in [1.82, 2.24) is 10.6 Å². The number of amides is 1. The standard InChI is InChI=1S/C14H18N2O/c1-4-9-15-10-14(17)16-12(3)13-7-5-11(2)6-8-13/h1,5-8,12,15H,9-10H2,2-3H3,(H,16,17). The van der Waals surface area contributed by atoms with Gasteiger partial charge in [0.15, 0.2) is 0 Å². The van der Waals surface area contributed by atoms with Crippen LogP contribution in [0.5, 0.6) is 0 Å². The highest BCUT2D eigenvalue weighted by Crippen LogP contribution is 2.12. The van der Waals surface area contributed by atoms with E-state index in [9.17, 15) is 4.79 Å². The van der Waals surface area contributed by atoms with Crippen LogP contribution in [0.3, 0.4) is 0 Å². The van der Waals surface area contributed by atoms with Crippen molar-refractivity contribution < 1.29 is 4.79 Å². The van der Waals surface area contributed by atoms with Crippen LogP contribution in [0.25, 0.3) is 0 Å². The van der Waals surface area contributed by atoms with Gasteiger partial charge in [-0.1, -0.05) is 35.7 Å². The molecule has 0 radical (unpaired) electrons. The van der Waals surface area contributed by atoms with Gasteiger partial charge in [-0.05, 0) is 19.4 Å². The number of hydrogen-bond donors (Lipinski definition) is 2. The third-order valence-corrected chi connectivity index (χ3v) is 2.47. The van der Waals surface area contributed by atoms with Crippen LogP contribution in [0, 0.1) is 19.3 Å². The topological polar surface area (TPSA) is 41.1 Å². The van der Waals surface area contributed by atoms with Gasteiger partial charge in [0.1, 0.15) is 0 Å². The number of carbonyl (C=O) groups is 1. The van der Waals surface area contributed by atoms with Gasteiger partial charge in [-0.2, -0.15) is 0 Å². The van der Waals surface area contributed by atoms with Gasteiger partial charge in [-0.15, -0.1) is 6.42 Å². The number of hydrogen-bond acceptors (Lipinski definition) is 2. The Morgan fingerprint density at radius 1 is 1.41 bits per heavy atom. The molecule has 0 fully saturated rings. The summed E-state index contributed by atoms with van der Waals surface area (Å²) in [6.07, 6.45) is 5.08. The summed E-state index contributed by atoms with van der Waals surface area (Å²) < 4.78 is 0. The van der Waals surface area contributed by atoms with E-state index in [-0.39, 0.29) is 18.5 Å². The minimum absolute atomic E-state index is 0.00994. The van der Waals surface area contributed by atoms with E-state index < -0.39 is 0 Å². The van der Waals surface area contributed by atoms with Gasteiger partial charge in [-0.3, -0.25) is 10.1 Å². The SMILES string of the molecule is C#CCNCC(=O)NC(C)c1ccc(C)cc1. The largest absolute Gasteiger partial charge is 0.348 e. The molecule has 1 aromatic rings. The molecule has 0 heterocycles. The Balaban J connectivity index is 2.43. The molecule has 1 atom stereocenters. The van der Waals surface area contributed by atoms with Crippen LogP contribution < -0.4 is 10.6 Å². The lowest BCUT2D eigenvalue weighted by atomic mass is 10.1. The van der Waals surface area contributed by atoms with Gasteiger partial charge in [-0.25, -0.2) is 0 Å². The number of nitrogens with one attached hydrogen (secondary N) is 2. The molecule has 0 aromatic heterocycles. The maximum absolute atomic E-state index is 11.5. The van der Waals surface area contributed by atoms with Crippen molar-refractivity contribution in [3.05, 3.63) is 35.4 Å². The smallest absolute Gasteiger partial charge is 0.234 e. The maximum atomic E-state index is 11.5. The summed E-state index contributed by atoms with van der Waals surface area (Å²) in [7, 11) is 0. The van der Waals surface area contributed by atoms with E-state index in [1.165, 1.54) is 5.56 Å². The summed E-state index contributed by atoms with van der Waals surface area (Å²) in [5.41, 5.74) is 2.31. The second-order valence-corrected chi connectivity index (χ2v) is 4.01. The van der Waals surface area contributed by atoms with Gasteiger partial charge in [0.05, 0.1) is 19.1 Å². The molecule has 0 spiro atoms. The maximum Gasteiger partial charge on any atom is 0.234 e. The molecule has 1 amide bonds. The fourth-order valence-electron chi connectivity index (χ4n) is 1.48. The molecule has 90 valence electrons. The third kappa shape index (κ3) is 4.71. The zero-order valence-corrected chi connectivity index (χ0v) is 10.3. The Kier molecular flexibility index (Phi) is 5.25. The average molecular weight is 230 g/mol. The number of rotatable bonds is 5. The van der Waals surface area contributed by atoms with Crippen molar-refractivity contribution in [2.24, 2.45) is 0 Å². The molecular formula is C14H18N2O. The lowest BCUT2D eigenvalue weighted by Gasteiger charge is -2.14. The molecule has 1 rings (SSSR count). The zero-order valence-electron chi connectivity index (χ0n) is 10.3. The molecule has 0 aliphatic rings. The second kappa shape index (κ2) is 6.72. The summed E-state index contributed by atoms with van der Waals surface area (Å²) in [4.78, 5) is 11.5. The molecule has 0 bridgehead atoms. The van der Waals surface area contributed by atoms with Crippen LogP contribution in [-0.2, 0) is 4.79 Å². The first kappa shape index (κ1) is 13.3. The second-order valence-electron chi connectivity index (χ2n) is 4.01. The number of aryl methyl sites for hydroxylation is 1. The van der Waals surface area contributed by atoms with Gasteiger partial charge < -0.3 is 5.32 Å². The minimum atomic E-state index is -0.0478. The first-order valence-electron chi connectivity index (χ1n) is 5.63. The number of benzene rings is 1. The minimum Gasteiger partial charge on any atom is -0.348 e. The molecule has 1 unspecified atom stereocenters. The quantitative estimate of drug-likeness (QED) is 0.593. The third-order valence-electron chi connectivity index (χ3n) is 2.47. The van der Waals surface area contributed by atoms with Crippen LogP contribution in [-0.4, -0.2) is 19.0 Å². The van der Waals surface area contributed by atoms with Crippen LogP contribution in [0.1, 0.15) is 24.1 Å². The van der Waals surface area contributed by atoms with Crippen molar-refractivity contribution >= 4 is 5.91 Å². The highest BCUT2D eigenvalue weighted by Gasteiger charge is 2.08. The molecule has 3 heteroatoms. The van der Waals surface area contributed by atoms with E-state index >= 15 is 0 Å². The summed E-state index contributed by atoms with van der Waals surface area (Å²) >= 11 is 0. The van der Waals surface area contributed by atoms with E-state index in [1.807, 2.05) is 38.1 Å². The van der Waals surface area contributed by atoms with Gasteiger partial charge in [0.2, 0.25) is 5.91 Å². The molecule has 0 saturated heterocycles. The van der Waals surface area contributed by atoms with Crippen molar-refractivity contribution in [2.45, 2.75) is 19.9 Å². The monoisotopic (exact) mass is 230 g/mol. The molecule has 17 heavy (non-hydrogen) atoms. The Hall–Kier alpha value is -1.79.